The van der Waals surface area contributed by atoms with E-state index in [0.717, 1.165) is 6.54 Å². The van der Waals surface area contributed by atoms with Crippen molar-refractivity contribution < 1.29 is 9.90 Å². The Bertz CT molecular complexity index is 317. The van der Waals surface area contributed by atoms with Crippen LogP contribution in [0.4, 0.5) is 0 Å². The Morgan fingerprint density at radius 1 is 1.71 bits per heavy atom. The Morgan fingerprint density at radius 2 is 2.50 bits per heavy atom. The SMILES string of the molecule is C/C(=C/CNCc1cccs1)C(=O)O. The van der Waals surface area contributed by atoms with Gasteiger partial charge in [-0.1, -0.05) is 12.1 Å². The molecule has 0 aliphatic rings. The first-order valence-electron chi connectivity index (χ1n) is 4.33. The molecular formula is C10H13NO2S. The smallest absolute Gasteiger partial charge is 0.330 e. The summed E-state index contributed by atoms with van der Waals surface area (Å²) in [6.45, 7) is 2.98. The van der Waals surface area contributed by atoms with Gasteiger partial charge in [-0.15, -0.1) is 11.3 Å². The van der Waals surface area contributed by atoms with Crippen LogP contribution in [0.2, 0.25) is 0 Å². The topological polar surface area (TPSA) is 49.3 Å². The zero-order valence-corrected chi connectivity index (χ0v) is 8.80. The Labute approximate surface area is 87.1 Å². The number of carboxylic acid groups (broad SMARTS) is 1. The molecular weight excluding hydrogens is 198 g/mol. The molecule has 3 nitrogen and oxygen atoms in total. The third kappa shape index (κ3) is 3.72. The lowest BCUT2D eigenvalue weighted by molar-refractivity contribution is -0.132. The van der Waals surface area contributed by atoms with Crippen LogP contribution in [0.1, 0.15) is 11.8 Å². The lowest BCUT2D eigenvalue weighted by Gasteiger charge is -1.98. The summed E-state index contributed by atoms with van der Waals surface area (Å²) in [7, 11) is 0. The third-order valence-electron chi connectivity index (χ3n) is 1.77. The van der Waals surface area contributed by atoms with Crippen molar-refractivity contribution in [1.82, 2.24) is 5.32 Å². The number of thiophene rings is 1. The maximum Gasteiger partial charge on any atom is 0.330 e. The van der Waals surface area contributed by atoms with Gasteiger partial charge in [0, 0.05) is 23.5 Å². The molecule has 1 rings (SSSR count). The molecule has 0 unspecified atom stereocenters. The Hall–Kier alpha value is -1.13. The molecule has 2 N–H and O–H groups in total. The zero-order valence-electron chi connectivity index (χ0n) is 7.99. The van der Waals surface area contributed by atoms with E-state index < -0.39 is 5.97 Å². The van der Waals surface area contributed by atoms with Crippen molar-refractivity contribution in [2.75, 3.05) is 6.54 Å². The van der Waals surface area contributed by atoms with Crippen molar-refractivity contribution in [2.24, 2.45) is 0 Å². The van der Waals surface area contributed by atoms with Gasteiger partial charge in [-0.05, 0) is 18.4 Å². The first-order valence-corrected chi connectivity index (χ1v) is 5.21. The molecule has 0 aromatic carbocycles. The number of nitrogens with one attached hydrogen (secondary N) is 1. The first kappa shape index (κ1) is 10.9. The molecule has 0 atom stereocenters. The second kappa shape index (κ2) is 5.57. The van der Waals surface area contributed by atoms with E-state index >= 15 is 0 Å². The molecule has 1 heterocycles. The van der Waals surface area contributed by atoms with Crippen LogP contribution < -0.4 is 5.32 Å². The van der Waals surface area contributed by atoms with Gasteiger partial charge in [0.1, 0.15) is 0 Å². The van der Waals surface area contributed by atoms with Crippen LogP contribution in [0.3, 0.4) is 0 Å². The number of hydrogen-bond donors (Lipinski definition) is 2. The normalized spacial score (nSPS) is 11.6. The maximum atomic E-state index is 10.4. The zero-order chi connectivity index (χ0) is 10.4. The average molecular weight is 211 g/mol. The summed E-state index contributed by atoms with van der Waals surface area (Å²) >= 11 is 1.69. The Morgan fingerprint density at radius 3 is 3.07 bits per heavy atom. The van der Waals surface area contributed by atoms with Gasteiger partial charge in [0.05, 0.1) is 0 Å². The quantitative estimate of drug-likeness (QED) is 0.577. The number of aliphatic carboxylic acids is 1. The molecule has 76 valence electrons. The second-order valence-electron chi connectivity index (χ2n) is 2.90. The van der Waals surface area contributed by atoms with Gasteiger partial charge in [-0.25, -0.2) is 4.79 Å². The number of rotatable bonds is 5. The number of carboxylic acids is 1. The van der Waals surface area contributed by atoms with Crippen LogP contribution in [0, 0.1) is 0 Å². The van der Waals surface area contributed by atoms with Gasteiger partial charge in [-0.2, -0.15) is 0 Å². The van der Waals surface area contributed by atoms with Crippen molar-refractivity contribution in [3.05, 3.63) is 34.0 Å². The van der Waals surface area contributed by atoms with E-state index in [1.54, 1.807) is 24.3 Å². The highest BCUT2D eigenvalue weighted by Gasteiger charge is 1.97. The highest BCUT2D eigenvalue weighted by molar-refractivity contribution is 7.09. The van der Waals surface area contributed by atoms with Gasteiger partial charge in [-0.3, -0.25) is 0 Å². The fourth-order valence-electron chi connectivity index (χ4n) is 0.921. The maximum absolute atomic E-state index is 10.4. The van der Waals surface area contributed by atoms with Gasteiger partial charge in [0.15, 0.2) is 0 Å². The highest BCUT2D eigenvalue weighted by Crippen LogP contribution is 2.07. The molecule has 0 aliphatic heterocycles. The van der Waals surface area contributed by atoms with Gasteiger partial charge in [0.2, 0.25) is 0 Å². The minimum atomic E-state index is -0.858. The minimum absolute atomic E-state index is 0.378. The van der Waals surface area contributed by atoms with E-state index in [0.29, 0.717) is 12.1 Å². The van der Waals surface area contributed by atoms with Crippen LogP contribution in [-0.2, 0) is 11.3 Å². The van der Waals surface area contributed by atoms with Crippen molar-refractivity contribution >= 4 is 17.3 Å². The molecule has 1 aromatic heterocycles. The molecule has 0 aliphatic carbocycles. The molecule has 0 saturated heterocycles. The molecule has 0 bridgehead atoms. The third-order valence-corrected chi connectivity index (χ3v) is 2.65. The molecule has 0 radical (unpaired) electrons. The fraction of sp³-hybridized carbons (Fsp3) is 0.300. The van der Waals surface area contributed by atoms with Gasteiger partial charge < -0.3 is 10.4 Å². The van der Waals surface area contributed by atoms with Crippen LogP contribution in [0.25, 0.3) is 0 Å². The molecule has 1 aromatic rings. The lowest BCUT2D eigenvalue weighted by atomic mass is 10.3. The average Bonchev–Trinajstić information content (AvgIpc) is 2.64. The summed E-state index contributed by atoms with van der Waals surface area (Å²) in [5, 5.41) is 13.7. The summed E-state index contributed by atoms with van der Waals surface area (Å²) in [5.41, 5.74) is 0.378. The summed E-state index contributed by atoms with van der Waals surface area (Å²) in [6, 6.07) is 4.05. The highest BCUT2D eigenvalue weighted by atomic mass is 32.1. The predicted molar refractivity (Wildman–Crippen MR) is 57.4 cm³/mol. The molecule has 0 spiro atoms. The minimum Gasteiger partial charge on any atom is -0.478 e. The molecule has 0 amide bonds. The lowest BCUT2D eigenvalue weighted by Crippen LogP contribution is -2.13. The van der Waals surface area contributed by atoms with E-state index in [4.69, 9.17) is 5.11 Å². The van der Waals surface area contributed by atoms with Crippen LogP contribution in [-0.4, -0.2) is 17.6 Å². The Kier molecular flexibility index (Phi) is 4.35. The summed E-state index contributed by atoms with van der Waals surface area (Å²) < 4.78 is 0. The second-order valence-corrected chi connectivity index (χ2v) is 3.93. The summed E-state index contributed by atoms with van der Waals surface area (Å²) in [4.78, 5) is 11.7. The summed E-state index contributed by atoms with van der Waals surface area (Å²) in [6.07, 6.45) is 1.68. The van der Waals surface area contributed by atoms with Crippen LogP contribution >= 0.6 is 11.3 Å². The molecule has 0 fully saturated rings. The molecule has 14 heavy (non-hydrogen) atoms. The van der Waals surface area contributed by atoms with Crippen LogP contribution in [0.15, 0.2) is 29.2 Å². The molecule has 4 heteroatoms. The summed E-state index contributed by atoms with van der Waals surface area (Å²) in [5.74, 6) is -0.858. The predicted octanol–water partition coefficient (Wildman–Crippen LogP) is 1.87. The van der Waals surface area contributed by atoms with E-state index in [1.807, 2.05) is 17.5 Å². The van der Waals surface area contributed by atoms with Crippen molar-refractivity contribution in [3.8, 4) is 0 Å². The monoisotopic (exact) mass is 211 g/mol. The van der Waals surface area contributed by atoms with E-state index in [9.17, 15) is 4.79 Å². The standard InChI is InChI=1S/C10H13NO2S/c1-8(10(12)13)4-5-11-7-9-3-2-6-14-9/h2-4,6,11H,5,7H2,1H3,(H,12,13)/b8-4-. The number of hydrogen-bond acceptors (Lipinski definition) is 3. The Balaban J connectivity index is 2.23. The van der Waals surface area contributed by atoms with Crippen LogP contribution in [0.5, 0.6) is 0 Å². The van der Waals surface area contributed by atoms with Crippen molar-refractivity contribution in [2.45, 2.75) is 13.5 Å². The van der Waals surface area contributed by atoms with Gasteiger partial charge in [0.25, 0.3) is 0 Å². The van der Waals surface area contributed by atoms with E-state index in [-0.39, 0.29) is 0 Å². The first-order chi connectivity index (χ1) is 6.70. The van der Waals surface area contributed by atoms with E-state index in [1.165, 1.54) is 4.88 Å². The van der Waals surface area contributed by atoms with Crippen molar-refractivity contribution in [1.29, 1.82) is 0 Å². The molecule has 0 saturated carbocycles. The largest absolute Gasteiger partial charge is 0.478 e. The fourth-order valence-corrected chi connectivity index (χ4v) is 1.60. The van der Waals surface area contributed by atoms with Crippen molar-refractivity contribution in [3.63, 3.8) is 0 Å². The number of carbonyl (C=O) groups is 1. The van der Waals surface area contributed by atoms with Gasteiger partial charge >= 0.3 is 5.97 Å². The van der Waals surface area contributed by atoms with E-state index in [2.05, 4.69) is 5.32 Å².